The zero-order valence-corrected chi connectivity index (χ0v) is 18.0. The lowest BCUT2D eigenvalue weighted by atomic mass is 9.91. The van der Waals surface area contributed by atoms with E-state index in [0.29, 0.717) is 12.0 Å². The Morgan fingerprint density at radius 2 is 2.00 bits per heavy atom. The summed E-state index contributed by atoms with van der Waals surface area (Å²) < 4.78 is 1.91. The van der Waals surface area contributed by atoms with Crippen LogP contribution in [0.4, 0.5) is 11.6 Å². The van der Waals surface area contributed by atoms with Gasteiger partial charge in [0.25, 0.3) is 0 Å². The SMILES string of the molecule is CSc1cnc(-c2ccc3cnc(N[C@@H]4CCCC[C@@H]4N)nn23)cc1NC(C)C. The van der Waals surface area contributed by atoms with Crippen molar-refractivity contribution >= 4 is 28.9 Å². The fourth-order valence-electron chi connectivity index (χ4n) is 3.84. The summed E-state index contributed by atoms with van der Waals surface area (Å²) in [4.78, 5) is 10.3. The standard InChI is InChI=1S/C21H29N7S/c1-13(2)25-18-10-17(23-12-20(18)29-3)19-9-8-14-11-24-21(27-28(14)19)26-16-7-5-4-6-15(16)22/h8-13,15-16H,4-7,22H2,1-3H3,(H,23,25)(H,26,27)/t15-,16+/m0/s1. The maximum absolute atomic E-state index is 6.28. The van der Waals surface area contributed by atoms with Crippen LogP contribution in [0.5, 0.6) is 0 Å². The normalized spacial score (nSPS) is 19.6. The lowest BCUT2D eigenvalue weighted by molar-refractivity contribution is 0.402. The number of nitrogens with zero attached hydrogens (tertiary/aromatic N) is 4. The number of pyridine rings is 1. The smallest absolute Gasteiger partial charge is 0.241 e. The highest BCUT2D eigenvalue weighted by molar-refractivity contribution is 7.98. The molecular weight excluding hydrogens is 382 g/mol. The fourth-order valence-corrected chi connectivity index (χ4v) is 4.33. The summed E-state index contributed by atoms with van der Waals surface area (Å²) >= 11 is 1.69. The van der Waals surface area contributed by atoms with Gasteiger partial charge in [-0.1, -0.05) is 12.8 Å². The third-order valence-corrected chi connectivity index (χ3v) is 6.09. The Kier molecular flexibility index (Phi) is 5.91. The molecule has 0 saturated heterocycles. The van der Waals surface area contributed by atoms with E-state index in [-0.39, 0.29) is 12.1 Å². The van der Waals surface area contributed by atoms with Gasteiger partial charge >= 0.3 is 0 Å². The van der Waals surface area contributed by atoms with Crippen LogP contribution in [-0.4, -0.2) is 44.0 Å². The first-order valence-corrected chi connectivity index (χ1v) is 11.5. The molecule has 0 bridgehead atoms. The van der Waals surface area contributed by atoms with Crippen molar-refractivity contribution in [2.45, 2.75) is 62.6 Å². The molecule has 3 aromatic heterocycles. The Hall–Kier alpha value is -2.32. The molecule has 0 unspecified atom stereocenters. The number of rotatable bonds is 6. The zero-order valence-electron chi connectivity index (χ0n) is 17.2. The summed E-state index contributed by atoms with van der Waals surface area (Å²) in [5.41, 5.74) is 10.1. The Morgan fingerprint density at radius 3 is 2.76 bits per heavy atom. The first-order valence-electron chi connectivity index (χ1n) is 10.2. The molecule has 1 fully saturated rings. The van der Waals surface area contributed by atoms with Gasteiger partial charge in [-0.15, -0.1) is 16.9 Å². The predicted octanol–water partition coefficient (Wildman–Crippen LogP) is 4.02. The molecule has 7 nitrogen and oxygen atoms in total. The monoisotopic (exact) mass is 411 g/mol. The summed E-state index contributed by atoms with van der Waals surface area (Å²) in [6, 6.07) is 6.88. The van der Waals surface area contributed by atoms with Crippen LogP contribution in [0.25, 0.3) is 16.9 Å². The second-order valence-electron chi connectivity index (χ2n) is 7.91. The van der Waals surface area contributed by atoms with Crippen molar-refractivity contribution in [2.24, 2.45) is 5.73 Å². The number of thioether (sulfide) groups is 1. The van der Waals surface area contributed by atoms with Gasteiger partial charge in [0, 0.05) is 29.2 Å². The Labute approximate surface area is 175 Å². The molecule has 1 saturated carbocycles. The molecule has 3 heterocycles. The molecule has 0 radical (unpaired) electrons. The van der Waals surface area contributed by atoms with Crippen molar-refractivity contribution in [3.63, 3.8) is 0 Å². The van der Waals surface area contributed by atoms with Crippen molar-refractivity contribution in [1.82, 2.24) is 19.6 Å². The maximum Gasteiger partial charge on any atom is 0.241 e. The van der Waals surface area contributed by atoms with Gasteiger partial charge < -0.3 is 16.4 Å². The number of nitrogens with one attached hydrogen (secondary N) is 2. The van der Waals surface area contributed by atoms with Crippen molar-refractivity contribution < 1.29 is 0 Å². The van der Waals surface area contributed by atoms with Gasteiger partial charge in [0.1, 0.15) is 0 Å². The van der Waals surface area contributed by atoms with E-state index in [2.05, 4.69) is 46.8 Å². The zero-order chi connectivity index (χ0) is 20.4. The summed E-state index contributed by atoms with van der Waals surface area (Å²) in [6.45, 7) is 4.27. The molecule has 1 aliphatic carbocycles. The van der Waals surface area contributed by atoms with E-state index in [9.17, 15) is 0 Å². The predicted molar refractivity (Wildman–Crippen MR) is 121 cm³/mol. The van der Waals surface area contributed by atoms with E-state index in [1.54, 1.807) is 11.8 Å². The Morgan fingerprint density at radius 1 is 1.17 bits per heavy atom. The maximum atomic E-state index is 6.28. The molecule has 8 heteroatoms. The second kappa shape index (κ2) is 8.59. The molecular formula is C21H29N7S. The van der Waals surface area contributed by atoms with Crippen molar-refractivity contribution in [3.05, 3.63) is 30.6 Å². The van der Waals surface area contributed by atoms with Gasteiger partial charge in [0.2, 0.25) is 5.95 Å². The average Bonchev–Trinajstić information content (AvgIpc) is 3.12. The molecule has 154 valence electrons. The molecule has 1 aliphatic rings. The largest absolute Gasteiger partial charge is 0.382 e. The molecule has 2 atom stereocenters. The minimum Gasteiger partial charge on any atom is -0.382 e. The van der Waals surface area contributed by atoms with E-state index in [0.717, 1.165) is 40.3 Å². The third-order valence-electron chi connectivity index (χ3n) is 5.33. The molecule has 29 heavy (non-hydrogen) atoms. The van der Waals surface area contributed by atoms with Gasteiger partial charge in [0.15, 0.2) is 0 Å². The van der Waals surface area contributed by atoms with Crippen LogP contribution in [0.3, 0.4) is 0 Å². The van der Waals surface area contributed by atoms with Crippen LogP contribution in [0, 0.1) is 0 Å². The third kappa shape index (κ3) is 4.33. The number of nitrogens with two attached hydrogens (primary N) is 1. The van der Waals surface area contributed by atoms with E-state index in [4.69, 9.17) is 10.8 Å². The summed E-state index contributed by atoms with van der Waals surface area (Å²) in [5.74, 6) is 0.610. The summed E-state index contributed by atoms with van der Waals surface area (Å²) in [5, 5.41) is 11.7. The average molecular weight is 412 g/mol. The van der Waals surface area contributed by atoms with Crippen LogP contribution >= 0.6 is 11.8 Å². The van der Waals surface area contributed by atoms with Crippen LogP contribution in [0.2, 0.25) is 0 Å². The number of aromatic nitrogens is 4. The van der Waals surface area contributed by atoms with Crippen LogP contribution in [-0.2, 0) is 0 Å². The number of hydrogen-bond acceptors (Lipinski definition) is 7. The van der Waals surface area contributed by atoms with Crippen LogP contribution in [0.1, 0.15) is 39.5 Å². The molecule has 4 rings (SSSR count). The number of hydrogen-bond donors (Lipinski definition) is 3. The molecule has 4 N–H and O–H groups in total. The van der Waals surface area contributed by atoms with E-state index in [1.807, 2.05) is 29.0 Å². The number of fused-ring (bicyclic) bond motifs is 1. The fraction of sp³-hybridized carbons (Fsp3) is 0.476. The Bertz CT molecular complexity index is 984. The molecule has 3 aromatic rings. The van der Waals surface area contributed by atoms with Gasteiger partial charge in [-0.2, -0.15) is 0 Å². The van der Waals surface area contributed by atoms with Crippen molar-refractivity contribution in [1.29, 1.82) is 0 Å². The van der Waals surface area contributed by atoms with Gasteiger partial charge in [0.05, 0.1) is 28.8 Å². The van der Waals surface area contributed by atoms with Gasteiger partial charge in [-0.3, -0.25) is 4.98 Å². The first-order chi connectivity index (χ1) is 14.0. The van der Waals surface area contributed by atoms with Gasteiger partial charge in [-0.05, 0) is 51.1 Å². The first kappa shape index (κ1) is 20.0. The molecule has 0 aromatic carbocycles. The molecule has 0 spiro atoms. The quantitative estimate of drug-likeness (QED) is 0.528. The number of anilines is 2. The van der Waals surface area contributed by atoms with E-state index in [1.165, 1.54) is 12.8 Å². The van der Waals surface area contributed by atoms with Crippen molar-refractivity contribution in [3.8, 4) is 11.4 Å². The van der Waals surface area contributed by atoms with E-state index < -0.39 is 0 Å². The molecule has 0 amide bonds. The summed E-state index contributed by atoms with van der Waals surface area (Å²) in [6.07, 6.45) is 10.3. The highest BCUT2D eigenvalue weighted by Gasteiger charge is 2.22. The lowest BCUT2D eigenvalue weighted by Gasteiger charge is -2.29. The highest BCUT2D eigenvalue weighted by Crippen LogP contribution is 2.30. The highest BCUT2D eigenvalue weighted by atomic mass is 32.2. The Balaban J connectivity index is 1.67. The van der Waals surface area contributed by atoms with Crippen molar-refractivity contribution in [2.75, 3.05) is 16.9 Å². The van der Waals surface area contributed by atoms with Gasteiger partial charge in [-0.25, -0.2) is 9.50 Å². The van der Waals surface area contributed by atoms with E-state index >= 15 is 0 Å². The summed E-state index contributed by atoms with van der Waals surface area (Å²) in [7, 11) is 0. The van der Waals surface area contributed by atoms with Crippen LogP contribution < -0.4 is 16.4 Å². The van der Waals surface area contributed by atoms with Crippen LogP contribution in [0.15, 0.2) is 35.5 Å². The topological polar surface area (TPSA) is 93.2 Å². The molecule has 0 aliphatic heterocycles. The second-order valence-corrected chi connectivity index (χ2v) is 8.75. The minimum absolute atomic E-state index is 0.151. The minimum atomic E-state index is 0.151. The lowest BCUT2D eigenvalue weighted by Crippen LogP contribution is -2.43.